The first-order chi connectivity index (χ1) is 9.76. The van der Waals surface area contributed by atoms with Crippen LogP contribution in [-0.4, -0.2) is 29.3 Å². The van der Waals surface area contributed by atoms with Crippen molar-refractivity contribution in [2.45, 2.75) is 44.4 Å². The third-order valence-electron chi connectivity index (χ3n) is 4.03. The molecular weight excluding hydrogens is 266 g/mol. The first-order valence-corrected chi connectivity index (χ1v) is 8.84. The summed E-state index contributed by atoms with van der Waals surface area (Å²) in [5.41, 5.74) is 3.00. The third kappa shape index (κ3) is 4.00. The third-order valence-corrected chi connectivity index (χ3v) is 5.72. The van der Waals surface area contributed by atoms with Crippen molar-refractivity contribution in [1.29, 1.82) is 0 Å². The normalized spacial score (nSPS) is 23.9. The van der Waals surface area contributed by atoms with Crippen LogP contribution in [0.3, 0.4) is 0 Å². The molecule has 0 aliphatic heterocycles. The number of nitrogens with one attached hydrogen (secondary N) is 1. The molecule has 20 heavy (non-hydrogen) atoms. The van der Waals surface area contributed by atoms with Crippen molar-refractivity contribution < 1.29 is 5.11 Å². The van der Waals surface area contributed by atoms with Crippen LogP contribution in [0, 0.1) is 5.92 Å². The summed E-state index contributed by atoms with van der Waals surface area (Å²) in [6.07, 6.45) is 3.73. The highest BCUT2D eigenvalue weighted by Gasteiger charge is 2.27. The van der Waals surface area contributed by atoms with Crippen LogP contribution in [0.25, 0.3) is 0 Å². The molecule has 2 N–H and O–H groups in total. The molecule has 1 aliphatic rings. The molecule has 2 nitrogen and oxygen atoms in total. The molecule has 0 aromatic heterocycles. The molecule has 1 aromatic rings. The van der Waals surface area contributed by atoms with Crippen molar-refractivity contribution in [1.82, 2.24) is 5.32 Å². The molecule has 0 heterocycles. The van der Waals surface area contributed by atoms with Gasteiger partial charge in [0.25, 0.3) is 0 Å². The summed E-state index contributed by atoms with van der Waals surface area (Å²) in [5.74, 6) is 1.44. The number of hydrogen-bond donors (Lipinski definition) is 2. The van der Waals surface area contributed by atoms with Crippen LogP contribution in [0.5, 0.6) is 0 Å². The molecule has 3 atom stereocenters. The Morgan fingerprint density at radius 2 is 2.20 bits per heavy atom. The average molecular weight is 293 g/mol. The van der Waals surface area contributed by atoms with E-state index in [2.05, 4.69) is 43.4 Å². The van der Waals surface area contributed by atoms with E-state index in [0.29, 0.717) is 23.8 Å². The molecule has 3 heteroatoms. The van der Waals surface area contributed by atoms with Gasteiger partial charge in [0.15, 0.2) is 0 Å². The predicted molar refractivity (Wildman–Crippen MR) is 88.3 cm³/mol. The van der Waals surface area contributed by atoms with Gasteiger partial charge in [0.1, 0.15) is 0 Å². The van der Waals surface area contributed by atoms with E-state index in [1.807, 2.05) is 11.8 Å². The van der Waals surface area contributed by atoms with E-state index in [9.17, 15) is 5.11 Å². The van der Waals surface area contributed by atoms with Gasteiger partial charge in [-0.3, -0.25) is 0 Å². The fourth-order valence-electron chi connectivity index (χ4n) is 2.91. The largest absolute Gasteiger partial charge is 0.396 e. The first-order valence-electron chi connectivity index (χ1n) is 7.79. The van der Waals surface area contributed by atoms with Gasteiger partial charge in [-0.1, -0.05) is 38.1 Å². The minimum absolute atomic E-state index is 0.294. The Bertz CT molecular complexity index is 410. The summed E-state index contributed by atoms with van der Waals surface area (Å²) < 4.78 is 0. The molecule has 0 radical (unpaired) electrons. The molecular formula is C17H27NOS. The molecule has 0 spiro atoms. The van der Waals surface area contributed by atoms with Gasteiger partial charge in [0.2, 0.25) is 0 Å². The Morgan fingerprint density at radius 3 is 2.95 bits per heavy atom. The van der Waals surface area contributed by atoms with Crippen LogP contribution in [0.1, 0.15) is 43.9 Å². The molecule has 1 aliphatic carbocycles. The van der Waals surface area contributed by atoms with Crippen LogP contribution >= 0.6 is 11.8 Å². The van der Waals surface area contributed by atoms with Crippen molar-refractivity contribution in [2.24, 2.45) is 5.92 Å². The van der Waals surface area contributed by atoms with Crippen molar-refractivity contribution >= 4 is 11.8 Å². The molecule has 0 amide bonds. The standard InChI is InChI=1S/C17H27NOS/c1-3-18-17-15-9-5-4-7-14(15)8-6-10-16(17)20-12-13(2)11-19/h4-5,7,9,13,16-19H,3,6,8,10-12H2,1-2H3. The minimum Gasteiger partial charge on any atom is -0.396 e. The van der Waals surface area contributed by atoms with E-state index in [-0.39, 0.29) is 0 Å². The Hall–Kier alpha value is -0.510. The zero-order valence-corrected chi connectivity index (χ0v) is 13.5. The summed E-state index contributed by atoms with van der Waals surface area (Å²) in [4.78, 5) is 0. The van der Waals surface area contributed by atoms with E-state index >= 15 is 0 Å². The summed E-state index contributed by atoms with van der Waals surface area (Å²) in [6.45, 7) is 5.61. The smallest absolute Gasteiger partial charge is 0.0464 e. The second kappa shape index (κ2) is 8.06. The van der Waals surface area contributed by atoms with E-state index < -0.39 is 0 Å². The van der Waals surface area contributed by atoms with Crippen molar-refractivity contribution in [2.75, 3.05) is 18.9 Å². The van der Waals surface area contributed by atoms with E-state index in [0.717, 1.165) is 12.3 Å². The Morgan fingerprint density at radius 1 is 1.40 bits per heavy atom. The molecule has 3 unspecified atom stereocenters. The summed E-state index contributed by atoms with van der Waals surface area (Å²) in [6, 6.07) is 9.34. The van der Waals surface area contributed by atoms with Crippen molar-refractivity contribution in [3.05, 3.63) is 35.4 Å². The maximum atomic E-state index is 9.22. The van der Waals surface area contributed by atoms with Crippen LogP contribution in [0.15, 0.2) is 24.3 Å². The lowest BCUT2D eigenvalue weighted by atomic mass is 9.99. The Labute approximate surface area is 127 Å². The number of hydrogen-bond acceptors (Lipinski definition) is 3. The Kier molecular flexibility index (Phi) is 6.40. The number of aliphatic hydroxyl groups excluding tert-OH is 1. The fraction of sp³-hybridized carbons (Fsp3) is 0.647. The van der Waals surface area contributed by atoms with Gasteiger partial charge in [0.05, 0.1) is 0 Å². The zero-order chi connectivity index (χ0) is 14.4. The highest BCUT2D eigenvalue weighted by atomic mass is 32.2. The fourth-order valence-corrected chi connectivity index (χ4v) is 4.36. The van der Waals surface area contributed by atoms with Crippen LogP contribution in [-0.2, 0) is 6.42 Å². The quantitative estimate of drug-likeness (QED) is 0.788. The van der Waals surface area contributed by atoms with Gasteiger partial charge in [-0.15, -0.1) is 0 Å². The summed E-state index contributed by atoms with van der Waals surface area (Å²) >= 11 is 2.03. The number of thioether (sulfide) groups is 1. The maximum absolute atomic E-state index is 9.22. The highest BCUT2D eigenvalue weighted by Crippen LogP contribution is 2.36. The lowest BCUT2D eigenvalue weighted by molar-refractivity contribution is 0.250. The second-order valence-corrected chi connectivity index (χ2v) is 7.06. The first kappa shape index (κ1) is 15.9. The summed E-state index contributed by atoms with van der Waals surface area (Å²) in [5, 5.41) is 13.5. The van der Waals surface area contributed by atoms with E-state index in [4.69, 9.17) is 0 Å². The average Bonchev–Trinajstić information content (AvgIpc) is 2.65. The zero-order valence-electron chi connectivity index (χ0n) is 12.6. The van der Waals surface area contributed by atoms with E-state index in [1.54, 1.807) is 0 Å². The molecule has 112 valence electrons. The van der Waals surface area contributed by atoms with Gasteiger partial charge in [-0.2, -0.15) is 11.8 Å². The van der Waals surface area contributed by atoms with Crippen LogP contribution < -0.4 is 5.32 Å². The van der Waals surface area contributed by atoms with Crippen molar-refractivity contribution in [3.8, 4) is 0 Å². The van der Waals surface area contributed by atoms with Crippen molar-refractivity contribution in [3.63, 3.8) is 0 Å². The highest BCUT2D eigenvalue weighted by molar-refractivity contribution is 7.99. The predicted octanol–water partition coefficient (Wildman–Crippen LogP) is 3.40. The molecule has 0 saturated heterocycles. The second-order valence-electron chi connectivity index (χ2n) is 5.79. The molecule has 2 rings (SSSR count). The van der Waals surface area contributed by atoms with Gasteiger partial charge >= 0.3 is 0 Å². The number of benzene rings is 1. The van der Waals surface area contributed by atoms with Crippen LogP contribution in [0.4, 0.5) is 0 Å². The minimum atomic E-state index is 0.294. The maximum Gasteiger partial charge on any atom is 0.0464 e. The lowest BCUT2D eigenvalue weighted by Gasteiger charge is -2.28. The van der Waals surface area contributed by atoms with Gasteiger partial charge in [-0.25, -0.2) is 0 Å². The molecule has 0 fully saturated rings. The topological polar surface area (TPSA) is 32.3 Å². The molecule has 0 saturated carbocycles. The molecule has 1 aromatic carbocycles. The number of aryl methyl sites for hydroxylation is 1. The Balaban J connectivity index is 2.14. The van der Waals surface area contributed by atoms with Crippen LogP contribution in [0.2, 0.25) is 0 Å². The van der Waals surface area contributed by atoms with E-state index in [1.165, 1.54) is 30.4 Å². The van der Waals surface area contributed by atoms with Gasteiger partial charge in [-0.05, 0) is 48.6 Å². The summed E-state index contributed by atoms with van der Waals surface area (Å²) in [7, 11) is 0. The number of rotatable bonds is 6. The molecule has 0 bridgehead atoms. The SMILES string of the molecule is CCNC1c2ccccc2CCCC1SCC(C)CO. The van der Waals surface area contributed by atoms with Gasteiger partial charge in [0, 0.05) is 17.9 Å². The monoisotopic (exact) mass is 293 g/mol. The van der Waals surface area contributed by atoms with Gasteiger partial charge < -0.3 is 10.4 Å². The number of fused-ring (bicyclic) bond motifs is 1. The number of aliphatic hydroxyl groups is 1. The lowest BCUT2D eigenvalue weighted by Crippen LogP contribution is -2.30.